The Hall–Kier alpha value is -3.48. The van der Waals surface area contributed by atoms with Crippen LogP contribution in [-0.4, -0.2) is 95.0 Å². The second-order valence-corrected chi connectivity index (χ2v) is 17.6. The van der Waals surface area contributed by atoms with Gasteiger partial charge in [-0.2, -0.15) is 26.3 Å². The molecule has 0 aromatic heterocycles. The zero-order chi connectivity index (χ0) is 40.2. The zero-order valence-corrected chi connectivity index (χ0v) is 33.2. The maximum Gasteiger partial charge on any atom is 0.416 e. The summed E-state index contributed by atoms with van der Waals surface area (Å²) >= 11 is 0. The molecule has 5 aliphatic rings. The lowest BCUT2D eigenvalue weighted by Gasteiger charge is -2.39. The van der Waals surface area contributed by atoms with E-state index in [-0.39, 0.29) is 42.7 Å². The lowest BCUT2D eigenvalue weighted by Crippen LogP contribution is -2.52. The third-order valence-electron chi connectivity index (χ3n) is 13.6. The zero-order valence-electron chi connectivity index (χ0n) is 33.2. The number of nitrogens with zero attached hydrogens (tertiary/aromatic N) is 5. The van der Waals surface area contributed by atoms with Crippen LogP contribution < -0.4 is 5.73 Å². The summed E-state index contributed by atoms with van der Waals surface area (Å²) in [5.41, 5.74) is 5.22. The maximum atomic E-state index is 13.8. The number of halogens is 6. The first-order valence-corrected chi connectivity index (χ1v) is 21.6. The molecule has 57 heavy (non-hydrogen) atoms. The highest BCUT2D eigenvalue weighted by Crippen LogP contribution is 2.38. The Labute approximate surface area is 334 Å². The Morgan fingerprint density at radius 2 is 1.39 bits per heavy atom. The third-order valence-corrected chi connectivity index (χ3v) is 13.6. The fourth-order valence-electron chi connectivity index (χ4n) is 10.6. The molecule has 4 atom stereocenters. The van der Waals surface area contributed by atoms with Gasteiger partial charge in [-0.05, 0) is 86.2 Å². The van der Waals surface area contributed by atoms with Gasteiger partial charge in [-0.15, -0.1) is 0 Å². The van der Waals surface area contributed by atoms with Crippen molar-refractivity contribution in [3.8, 4) is 0 Å². The van der Waals surface area contributed by atoms with E-state index in [1.807, 2.05) is 11.0 Å². The number of aliphatic imine (C=N–C) groups is 1. The standard InChI is InChI=1S/C44H61F6N7/c45-43(46,47)35-21-34(22-36(26-35)44(48,49)50)18-20-55-40(25-33-15-8-3-9-16-33)30-57(42(55)52)39(24-32-13-6-2-7-14-32)28-54-19-10-17-37(54)29-56-38(27-53-41(56)51)23-31-11-4-1-5-12-31/h1,4-5,11-12,21-22,26,32-33,37-40,52H,2-3,6-10,13-20,23-25,27-30H2,(H2,51,53)/t37?,38-,39-,40-/m0/s1. The van der Waals surface area contributed by atoms with Crippen molar-refractivity contribution in [2.24, 2.45) is 22.6 Å². The number of hydrogen-bond acceptors (Lipinski definition) is 5. The summed E-state index contributed by atoms with van der Waals surface area (Å²) in [4.78, 5) is 13.9. The largest absolute Gasteiger partial charge is 0.416 e. The predicted octanol–water partition coefficient (Wildman–Crippen LogP) is 9.20. The predicted molar refractivity (Wildman–Crippen MR) is 213 cm³/mol. The molecule has 4 fully saturated rings. The van der Waals surface area contributed by atoms with Gasteiger partial charge in [0.25, 0.3) is 0 Å². The van der Waals surface area contributed by atoms with Gasteiger partial charge in [0.2, 0.25) is 0 Å². The molecular formula is C44H61F6N7. The van der Waals surface area contributed by atoms with E-state index in [0.717, 1.165) is 76.7 Å². The quantitative estimate of drug-likeness (QED) is 0.187. The van der Waals surface area contributed by atoms with E-state index in [9.17, 15) is 31.8 Å². The lowest BCUT2D eigenvalue weighted by molar-refractivity contribution is -0.143. The second-order valence-electron chi connectivity index (χ2n) is 17.6. The van der Waals surface area contributed by atoms with E-state index in [1.54, 1.807) is 0 Å². The third kappa shape index (κ3) is 10.6. The van der Waals surface area contributed by atoms with Gasteiger partial charge < -0.3 is 20.4 Å². The van der Waals surface area contributed by atoms with E-state index >= 15 is 0 Å². The smallest absolute Gasteiger partial charge is 0.370 e. The summed E-state index contributed by atoms with van der Waals surface area (Å²) in [6, 6.07) is 12.9. The van der Waals surface area contributed by atoms with E-state index in [4.69, 9.17) is 5.73 Å². The molecule has 0 bridgehead atoms. The molecule has 2 aliphatic carbocycles. The van der Waals surface area contributed by atoms with Crippen molar-refractivity contribution in [2.75, 3.05) is 39.3 Å². The highest BCUT2D eigenvalue weighted by atomic mass is 19.4. The Balaban J connectivity index is 1.11. The molecular weight excluding hydrogens is 741 g/mol. The molecule has 0 radical (unpaired) electrons. The topological polar surface area (TPSA) is 75.2 Å². The molecule has 3 N–H and O–H groups in total. The number of rotatable bonds is 14. The van der Waals surface area contributed by atoms with Crippen LogP contribution >= 0.6 is 0 Å². The Kier molecular flexibility index (Phi) is 13.3. The number of alkyl halides is 6. The van der Waals surface area contributed by atoms with Gasteiger partial charge in [0, 0.05) is 44.3 Å². The van der Waals surface area contributed by atoms with Crippen LogP contribution in [0.15, 0.2) is 53.5 Å². The molecule has 2 saturated carbocycles. The van der Waals surface area contributed by atoms with Crippen LogP contribution in [0.1, 0.15) is 112 Å². The van der Waals surface area contributed by atoms with Crippen molar-refractivity contribution in [1.29, 1.82) is 5.41 Å². The molecule has 2 aromatic rings. The minimum atomic E-state index is -4.90. The first-order chi connectivity index (χ1) is 27.3. The normalized spacial score (nSPS) is 25.2. The lowest BCUT2D eigenvalue weighted by atomic mass is 9.84. The van der Waals surface area contributed by atoms with Gasteiger partial charge in [0.15, 0.2) is 11.9 Å². The van der Waals surface area contributed by atoms with Crippen molar-refractivity contribution in [1.82, 2.24) is 19.6 Å². The number of guanidine groups is 2. The average molecular weight is 802 g/mol. The molecule has 0 amide bonds. The van der Waals surface area contributed by atoms with Crippen LogP contribution in [0.4, 0.5) is 26.3 Å². The number of benzene rings is 2. The molecule has 2 saturated heterocycles. The van der Waals surface area contributed by atoms with Crippen molar-refractivity contribution in [3.63, 3.8) is 0 Å². The first-order valence-electron chi connectivity index (χ1n) is 21.6. The Bertz CT molecular complexity index is 1620. The highest BCUT2D eigenvalue weighted by Gasteiger charge is 2.43. The van der Waals surface area contributed by atoms with Gasteiger partial charge in [0.05, 0.1) is 23.7 Å². The molecule has 7 nitrogen and oxygen atoms in total. The van der Waals surface area contributed by atoms with Gasteiger partial charge in [0.1, 0.15) is 0 Å². The fraction of sp³-hybridized carbons (Fsp3) is 0.682. The van der Waals surface area contributed by atoms with Crippen LogP contribution in [0.5, 0.6) is 0 Å². The number of nitrogens with two attached hydrogens (primary N) is 1. The summed E-state index contributed by atoms with van der Waals surface area (Å²) < 4.78 is 82.8. The number of hydrogen-bond donors (Lipinski definition) is 2. The van der Waals surface area contributed by atoms with E-state index < -0.39 is 23.5 Å². The molecule has 314 valence electrons. The van der Waals surface area contributed by atoms with Crippen LogP contribution in [0, 0.1) is 17.2 Å². The summed E-state index contributed by atoms with van der Waals surface area (Å²) in [5.74, 6) is 2.04. The highest BCUT2D eigenvalue weighted by molar-refractivity contribution is 5.80. The minimum Gasteiger partial charge on any atom is -0.370 e. The van der Waals surface area contributed by atoms with Crippen LogP contribution in [0.3, 0.4) is 0 Å². The molecule has 2 aromatic carbocycles. The van der Waals surface area contributed by atoms with Crippen LogP contribution in [0.2, 0.25) is 0 Å². The first kappa shape index (κ1) is 41.7. The second kappa shape index (κ2) is 18.2. The van der Waals surface area contributed by atoms with E-state index in [2.05, 4.69) is 44.0 Å². The van der Waals surface area contributed by atoms with Gasteiger partial charge in [-0.3, -0.25) is 15.3 Å². The minimum absolute atomic E-state index is 0.00512. The summed E-state index contributed by atoms with van der Waals surface area (Å²) in [7, 11) is 0. The molecule has 7 rings (SSSR count). The number of nitrogens with one attached hydrogen (secondary N) is 1. The van der Waals surface area contributed by atoms with Crippen molar-refractivity contribution in [3.05, 3.63) is 70.8 Å². The molecule has 0 spiro atoms. The monoisotopic (exact) mass is 801 g/mol. The Morgan fingerprint density at radius 1 is 0.737 bits per heavy atom. The van der Waals surface area contributed by atoms with Crippen LogP contribution in [-0.2, 0) is 25.2 Å². The summed E-state index contributed by atoms with van der Waals surface area (Å²) in [6.45, 7) is 4.11. The van der Waals surface area contributed by atoms with Crippen molar-refractivity contribution >= 4 is 11.9 Å². The van der Waals surface area contributed by atoms with Gasteiger partial charge in [-0.25, -0.2) is 0 Å². The molecule has 1 unspecified atom stereocenters. The molecule has 13 heteroatoms. The maximum absolute atomic E-state index is 13.8. The average Bonchev–Trinajstić information content (AvgIpc) is 3.87. The van der Waals surface area contributed by atoms with E-state index in [0.29, 0.717) is 42.9 Å². The van der Waals surface area contributed by atoms with E-state index in [1.165, 1.54) is 56.9 Å². The van der Waals surface area contributed by atoms with Crippen molar-refractivity contribution < 1.29 is 26.3 Å². The van der Waals surface area contributed by atoms with Crippen molar-refractivity contribution in [2.45, 2.75) is 139 Å². The summed E-state index contributed by atoms with van der Waals surface area (Å²) in [6.07, 6.45) is 6.90. The van der Waals surface area contributed by atoms with Gasteiger partial charge in [-0.1, -0.05) is 94.5 Å². The SMILES string of the molecule is N=C1N(CCc2cc(C(F)(F)F)cc(C(F)(F)F)c2)[C@@H](CC2CCCCC2)CN1[C@@H](CC1CCCCC1)CN1CCCC1CN1C(N)=NC[C@@H]1Cc1ccccc1. The summed E-state index contributed by atoms with van der Waals surface area (Å²) in [5, 5.41) is 9.71. The molecule has 3 heterocycles. The molecule has 3 aliphatic heterocycles. The Morgan fingerprint density at radius 3 is 2.04 bits per heavy atom. The number of likely N-dealkylation sites (tertiary alicyclic amines) is 1. The van der Waals surface area contributed by atoms with Gasteiger partial charge >= 0.3 is 12.4 Å². The van der Waals surface area contributed by atoms with Crippen LogP contribution in [0.25, 0.3) is 0 Å². The fourth-order valence-corrected chi connectivity index (χ4v) is 10.6.